The number of aliphatic hydroxyl groups is 2. The van der Waals surface area contributed by atoms with E-state index in [2.05, 4.69) is 27.7 Å². The summed E-state index contributed by atoms with van der Waals surface area (Å²) in [6, 6.07) is 0. The fourth-order valence-electron chi connectivity index (χ4n) is 9.67. The van der Waals surface area contributed by atoms with Crippen molar-refractivity contribution in [3.05, 3.63) is 0 Å². The Balaban J connectivity index is 1.38. The van der Waals surface area contributed by atoms with Crippen LogP contribution in [0, 0.1) is 46.3 Å². The van der Waals surface area contributed by atoms with E-state index in [1.165, 1.54) is 51.4 Å². The Morgan fingerprint density at radius 2 is 1.62 bits per heavy atom. The molecule has 3 nitrogen and oxygen atoms in total. The van der Waals surface area contributed by atoms with E-state index in [1.807, 2.05) is 0 Å². The molecular weight excluding hydrogens is 396 g/mol. The van der Waals surface area contributed by atoms with Gasteiger partial charge >= 0.3 is 0 Å². The van der Waals surface area contributed by atoms with Crippen LogP contribution in [0.1, 0.15) is 111 Å². The topological polar surface area (TPSA) is 49.7 Å². The van der Waals surface area contributed by atoms with Gasteiger partial charge < -0.3 is 14.9 Å². The molecule has 0 amide bonds. The molecule has 2 N–H and O–H groups in total. The summed E-state index contributed by atoms with van der Waals surface area (Å²) in [5.74, 6) is 4.97. The molecule has 0 spiro atoms. The molecule has 0 aliphatic heterocycles. The fourth-order valence-corrected chi connectivity index (χ4v) is 9.67. The highest BCUT2D eigenvalue weighted by Crippen LogP contribution is 2.68. The van der Waals surface area contributed by atoms with E-state index in [0.717, 1.165) is 74.2 Å². The Kier molecular flexibility index (Phi) is 7.42. The molecule has 4 saturated carbocycles. The third-order valence-electron chi connectivity index (χ3n) is 11.6. The monoisotopic (exact) mass is 448 g/mol. The predicted molar refractivity (Wildman–Crippen MR) is 131 cm³/mol. The Morgan fingerprint density at radius 1 is 0.875 bits per heavy atom. The third kappa shape index (κ3) is 4.57. The first-order chi connectivity index (χ1) is 15.1. The average Bonchev–Trinajstić information content (AvgIpc) is 3.10. The maximum atomic E-state index is 10.7. The highest BCUT2D eigenvalue weighted by Gasteiger charge is 2.61. The second-order valence-electron chi connectivity index (χ2n) is 13.4. The van der Waals surface area contributed by atoms with Gasteiger partial charge in [0.1, 0.15) is 0 Å². The number of aliphatic hydroxyl groups excluding tert-OH is 1. The SMILES string of the molecule is COCCCC(O)CC[C@@H](C)C1CCC2C3CCC4C[C@@](C)(O)CCC4(C)C3CCC21C. The van der Waals surface area contributed by atoms with Crippen molar-refractivity contribution in [2.75, 3.05) is 13.7 Å². The van der Waals surface area contributed by atoms with Gasteiger partial charge in [0.25, 0.3) is 0 Å². The minimum Gasteiger partial charge on any atom is -0.393 e. The second kappa shape index (κ2) is 9.50. The van der Waals surface area contributed by atoms with Crippen molar-refractivity contribution in [3.63, 3.8) is 0 Å². The van der Waals surface area contributed by atoms with Gasteiger partial charge in [-0.25, -0.2) is 0 Å². The van der Waals surface area contributed by atoms with Crippen LogP contribution >= 0.6 is 0 Å². The van der Waals surface area contributed by atoms with Crippen LogP contribution in [-0.4, -0.2) is 35.6 Å². The quantitative estimate of drug-likeness (QED) is 0.411. The highest BCUT2D eigenvalue weighted by atomic mass is 16.5. The van der Waals surface area contributed by atoms with Gasteiger partial charge in [-0.3, -0.25) is 0 Å². The van der Waals surface area contributed by atoms with Gasteiger partial charge in [-0.1, -0.05) is 20.8 Å². The smallest absolute Gasteiger partial charge is 0.0622 e. The summed E-state index contributed by atoms with van der Waals surface area (Å²) < 4.78 is 5.14. The Hall–Kier alpha value is -0.120. The van der Waals surface area contributed by atoms with Crippen LogP contribution in [0.4, 0.5) is 0 Å². The molecule has 8 unspecified atom stereocenters. The molecule has 186 valence electrons. The normalized spacial score (nSPS) is 47.9. The molecular formula is C29H52O3. The number of ether oxygens (including phenoxy) is 1. The van der Waals surface area contributed by atoms with Gasteiger partial charge in [-0.15, -0.1) is 0 Å². The molecule has 10 atom stereocenters. The van der Waals surface area contributed by atoms with Crippen LogP contribution in [0.15, 0.2) is 0 Å². The van der Waals surface area contributed by atoms with E-state index in [4.69, 9.17) is 4.74 Å². The summed E-state index contributed by atoms with van der Waals surface area (Å²) in [6.07, 6.45) is 15.5. The summed E-state index contributed by atoms with van der Waals surface area (Å²) in [6.45, 7) is 10.6. The molecule has 4 aliphatic rings. The Bertz CT molecular complexity index is 632. The van der Waals surface area contributed by atoms with Crippen molar-refractivity contribution >= 4 is 0 Å². The molecule has 0 aromatic carbocycles. The van der Waals surface area contributed by atoms with Gasteiger partial charge in [-0.05, 0) is 137 Å². The average molecular weight is 449 g/mol. The molecule has 4 fully saturated rings. The lowest BCUT2D eigenvalue weighted by molar-refractivity contribution is -0.148. The molecule has 0 saturated heterocycles. The maximum absolute atomic E-state index is 10.7. The zero-order valence-corrected chi connectivity index (χ0v) is 21.7. The van der Waals surface area contributed by atoms with E-state index >= 15 is 0 Å². The van der Waals surface area contributed by atoms with Crippen molar-refractivity contribution in [2.24, 2.45) is 46.3 Å². The lowest BCUT2D eigenvalue weighted by atomic mass is 9.43. The summed E-state index contributed by atoms with van der Waals surface area (Å²) in [5, 5.41) is 21.2. The van der Waals surface area contributed by atoms with Gasteiger partial charge in [0.2, 0.25) is 0 Å². The number of rotatable bonds is 8. The molecule has 0 bridgehead atoms. The largest absolute Gasteiger partial charge is 0.393 e. The lowest BCUT2D eigenvalue weighted by Gasteiger charge is -2.62. The first-order valence-electron chi connectivity index (χ1n) is 14.0. The van der Waals surface area contributed by atoms with Crippen LogP contribution in [0.25, 0.3) is 0 Å². The summed E-state index contributed by atoms with van der Waals surface area (Å²) in [7, 11) is 1.74. The van der Waals surface area contributed by atoms with Crippen molar-refractivity contribution in [1.29, 1.82) is 0 Å². The van der Waals surface area contributed by atoms with Gasteiger partial charge in [0.15, 0.2) is 0 Å². The van der Waals surface area contributed by atoms with Crippen LogP contribution in [0.3, 0.4) is 0 Å². The maximum Gasteiger partial charge on any atom is 0.0622 e. The van der Waals surface area contributed by atoms with Gasteiger partial charge in [0.05, 0.1) is 11.7 Å². The zero-order valence-electron chi connectivity index (χ0n) is 21.7. The molecule has 32 heavy (non-hydrogen) atoms. The Morgan fingerprint density at radius 3 is 2.38 bits per heavy atom. The molecule has 0 heterocycles. The number of hydrogen-bond acceptors (Lipinski definition) is 3. The Labute approximate surface area is 198 Å². The minimum absolute atomic E-state index is 0.160. The zero-order chi connectivity index (χ0) is 23.1. The predicted octanol–water partition coefficient (Wildman–Crippen LogP) is 6.60. The molecule has 0 radical (unpaired) electrons. The molecule has 4 aliphatic carbocycles. The van der Waals surface area contributed by atoms with E-state index in [1.54, 1.807) is 7.11 Å². The van der Waals surface area contributed by atoms with Gasteiger partial charge in [-0.2, -0.15) is 0 Å². The highest BCUT2D eigenvalue weighted by molar-refractivity contribution is 5.10. The van der Waals surface area contributed by atoms with Crippen LogP contribution < -0.4 is 0 Å². The standard InChI is InChI=1S/C29H52O3/c1-20(8-10-22(30)7-6-18-32-5)24-12-13-25-23-11-9-21-19-27(2,31)16-17-28(21,3)26(23)14-15-29(24,25)4/h20-26,30-31H,6-19H2,1-5H3/t20-,21?,22?,23?,24?,25?,26?,27+,28?,29?/m1/s1. The fraction of sp³-hybridized carbons (Fsp3) is 1.00. The minimum atomic E-state index is -0.428. The molecule has 0 aromatic heterocycles. The van der Waals surface area contributed by atoms with Crippen molar-refractivity contribution in [3.8, 4) is 0 Å². The third-order valence-corrected chi connectivity index (χ3v) is 11.6. The summed E-state index contributed by atoms with van der Waals surface area (Å²) in [5.41, 5.74) is 0.537. The summed E-state index contributed by atoms with van der Waals surface area (Å²) in [4.78, 5) is 0. The van der Waals surface area contributed by atoms with E-state index in [9.17, 15) is 10.2 Å². The molecule has 0 aromatic rings. The van der Waals surface area contributed by atoms with E-state index < -0.39 is 5.60 Å². The van der Waals surface area contributed by atoms with Gasteiger partial charge in [0, 0.05) is 13.7 Å². The van der Waals surface area contributed by atoms with E-state index in [-0.39, 0.29) is 6.10 Å². The van der Waals surface area contributed by atoms with E-state index in [0.29, 0.717) is 10.8 Å². The summed E-state index contributed by atoms with van der Waals surface area (Å²) >= 11 is 0. The lowest BCUT2D eigenvalue weighted by Crippen LogP contribution is -2.55. The van der Waals surface area contributed by atoms with Crippen LogP contribution in [-0.2, 0) is 4.74 Å². The first kappa shape index (κ1) is 25.0. The molecule has 3 heteroatoms. The van der Waals surface area contributed by atoms with Crippen LogP contribution in [0.5, 0.6) is 0 Å². The number of fused-ring (bicyclic) bond motifs is 5. The second-order valence-corrected chi connectivity index (χ2v) is 13.4. The van der Waals surface area contributed by atoms with Crippen molar-refractivity contribution in [1.82, 2.24) is 0 Å². The number of methoxy groups -OCH3 is 1. The number of hydrogen-bond donors (Lipinski definition) is 2. The molecule has 4 rings (SSSR count). The van der Waals surface area contributed by atoms with Crippen molar-refractivity contribution < 1.29 is 14.9 Å². The van der Waals surface area contributed by atoms with Crippen LogP contribution in [0.2, 0.25) is 0 Å². The van der Waals surface area contributed by atoms with Crippen molar-refractivity contribution in [2.45, 2.75) is 123 Å². The first-order valence-corrected chi connectivity index (χ1v) is 14.0.